The van der Waals surface area contributed by atoms with E-state index in [4.69, 9.17) is 16.3 Å². The van der Waals surface area contributed by atoms with Gasteiger partial charge in [-0.15, -0.1) is 10.2 Å². The molecule has 0 radical (unpaired) electrons. The number of hydrogen-bond donors (Lipinski definition) is 0. The highest BCUT2D eigenvalue weighted by Crippen LogP contribution is 2.07. The molecule has 0 atom stereocenters. The molecule has 0 aromatic carbocycles. The predicted molar refractivity (Wildman–Crippen MR) is 38.2 cm³/mol. The average Bonchev–Trinajstić information content (AvgIpc) is 1.95. The molecule has 0 saturated heterocycles. The van der Waals surface area contributed by atoms with Crippen molar-refractivity contribution < 1.29 is 4.74 Å². The second-order valence-electron chi connectivity index (χ2n) is 1.63. The van der Waals surface area contributed by atoms with Crippen LogP contribution in [0.2, 0.25) is 5.15 Å². The van der Waals surface area contributed by atoms with Gasteiger partial charge in [-0.25, -0.2) is 0 Å². The van der Waals surface area contributed by atoms with Crippen LogP contribution in [0.3, 0.4) is 0 Å². The monoisotopic (exact) mass is 158 g/mol. The summed E-state index contributed by atoms with van der Waals surface area (Å²) in [7, 11) is 0. The van der Waals surface area contributed by atoms with Crippen LogP contribution in [-0.2, 0) is 0 Å². The zero-order valence-corrected chi connectivity index (χ0v) is 6.30. The van der Waals surface area contributed by atoms with Crippen molar-refractivity contribution in [3.63, 3.8) is 0 Å². The van der Waals surface area contributed by atoms with Gasteiger partial charge < -0.3 is 4.74 Å². The molecule has 1 aromatic rings. The van der Waals surface area contributed by atoms with Crippen molar-refractivity contribution >= 4 is 11.6 Å². The third kappa shape index (κ3) is 1.84. The Balaban J connectivity index is 2.69. The van der Waals surface area contributed by atoms with Crippen LogP contribution in [0.4, 0.5) is 0 Å². The molecule has 1 heterocycles. The lowest BCUT2D eigenvalue weighted by Crippen LogP contribution is -1.94. The normalized spacial score (nSPS) is 9.40. The Kier molecular flexibility index (Phi) is 2.45. The van der Waals surface area contributed by atoms with E-state index in [1.54, 1.807) is 12.1 Å². The van der Waals surface area contributed by atoms with Gasteiger partial charge in [0.05, 0.1) is 6.61 Å². The van der Waals surface area contributed by atoms with Crippen LogP contribution in [-0.4, -0.2) is 16.8 Å². The lowest BCUT2D eigenvalue weighted by Gasteiger charge is -1.97. The molecular formula is C6H7ClN2O. The van der Waals surface area contributed by atoms with Crippen LogP contribution in [0, 0.1) is 0 Å². The van der Waals surface area contributed by atoms with E-state index in [1.807, 2.05) is 6.92 Å². The largest absolute Gasteiger partial charge is 0.477 e. The molecule has 0 aliphatic heterocycles. The van der Waals surface area contributed by atoms with Gasteiger partial charge >= 0.3 is 0 Å². The molecule has 1 aromatic heterocycles. The van der Waals surface area contributed by atoms with Gasteiger partial charge in [0.25, 0.3) is 0 Å². The SMILES string of the molecule is CCOc1ccc(Cl)nn1. The standard InChI is InChI=1S/C6H7ClN2O/c1-2-10-6-4-3-5(7)8-9-6/h3-4H,2H2,1H3. The van der Waals surface area contributed by atoms with E-state index in [1.165, 1.54) is 0 Å². The molecule has 0 unspecified atom stereocenters. The van der Waals surface area contributed by atoms with E-state index >= 15 is 0 Å². The molecule has 0 fully saturated rings. The van der Waals surface area contributed by atoms with Gasteiger partial charge in [0.2, 0.25) is 5.88 Å². The Morgan fingerprint density at radius 2 is 2.30 bits per heavy atom. The number of hydrogen-bond acceptors (Lipinski definition) is 3. The summed E-state index contributed by atoms with van der Waals surface area (Å²) in [5, 5.41) is 7.63. The van der Waals surface area contributed by atoms with Crippen LogP contribution < -0.4 is 4.74 Å². The summed E-state index contributed by atoms with van der Waals surface area (Å²) in [4.78, 5) is 0. The fourth-order valence-corrected chi connectivity index (χ4v) is 0.629. The maximum atomic E-state index is 5.48. The van der Waals surface area contributed by atoms with Crippen molar-refractivity contribution in [2.75, 3.05) is 6.61 Å². The van der Waals surface area contributed by atoms with Gasteiger partial charge in [0.15, 0.2) is 5.15 Å². The number of halogens is 1. The summed E-state index contributed by atoms with van der Waals surface area (Å²) in [5.74, 6) is 0.506. The summed E-state index contributed by atoms with van der Waals surface area (Å²) in [5.41, 5.74) is 0. The van der Waals surface area contributed by atoms with Crippen LogP contribution in [0.15, 0.2) is 12.1 Å². The third-order valence-corrected chi connectivity index (χ3v) is 1.10. The molecule has 0 aliphatic carbocycles. The van der Waals surface area contributed by atoms with Gasteiger partial charge in [-0.05, 0) is 13.0 Å². The second-order valence-corrected chi connectivity index (χ2v) is 2.01. The van der Waals surface area contributed by atoms with Crippen molar-refractivity contribution in [1.82, 2.24) is 10.2 Å². The van der Waals surface area contributed by atoms with E-state index in [2.05, 4.69) is 10.2 Å². The van der Waals surface area contributed by atoms with Gasteiger partial charge in [0, 0.05) is 6.07 Å². The first kappa shape index (κ1) is 7.28. The second kappa shape index (κ2) is 3.37. The zero-order valence-electron chi connectivity index (χ0n) is 5.54. The summed E-state index contributed by atoms with van der Waals surface area (Å²) in [6, 6.07) is 3.32. The van der Waals surface area contributed by atoms with Gasteiger partial charge in [-0.2, -0.15) is 0 Å². The lowest BCUT2D eigenvalue weighted by molar-refractivity contribution is 0.322. The summed E-state index contributed by atoms with van der Waals surface area (Å²) in [6.07, 6.45) is 0. The summed E-state index contributed by atoms with van der Waals surface area (Å²) in [6.45, 7) is 2.48. The number of aromatic nitrogens is 2. The van der Waals surface area contributed by atoms with Crippen molar-refractivity contribution in [3.8, 4) is 5.88 Å². The van der Waals surface area contributed by atoms with Gasteiger partial charge in [0.1, 0.15) is 0 Å². The highest BCUT2D eigenvalue weighted by molar-refractivity contribution is 6.29. The van der Waals surface area contributed by atoms with E-state index in [0.29, 0.717) is 17.6 Å². The van der Waals surface area contributed by atoms with Crippen LogP contribution in [0.25, 0.3) is 0 Å². The topological polar surface area (TPSA) is 35.0 Å². The first-order valence-corrected chi connectivity index (χ1v) is 3.32. The molecule has 3 nitrogen and oxygen atoms in total. The van der Waals surface area contributed by atoms with Crippen LogP contribution >= 0.6 is 11.6 Å². The summed E-state index contributed by atoms with van der Waals surface area (Å²) >= 11 is 5.48. The maximum absolute atomic E-state index is 5.48. The first-order chi connectivity index (χ1) is 4.83. The summed E-state index contributed by atoms with van der Waals surface area (Å²) < 4.78 is 5.03. The van der Waals surface area contributed by atoms with Crippen LogP contribution in [0.1, 0.15) is 6.92 Å². The molecule has 0 aliphatic rings. The van der Waals surface area contributed by atoms with Crippen molar-refractivity contribution in [2.45, 2.75) is 6.92 Å². The first-order valence-electron chi connectivity index (χ1n) is 2.95. The predicted octanol–water partition coefficient (Wildman–Crippen LogP) is 1.53. The third-order valence-electron chi connectivity index (χ3n) is 0.900. The fraction of sp³-hybridized carbons (Fsp3) is 0.333. The fourth-order valence-electron chi connectivity index (χ4n) is 0.529. The van der Waals surface area contributed by atoms with Crippen molar-refractivity contribution in [1.29, 1.82) is 0 Å². The Morgan fingerprint density at radius 1 is 1.50 bits per heavy atom. The van der Waals surface area contributed by atoms with E-state index in [-0.39, 0.29) is 0 Å². The van der Waals surface area contributed by atoms with Gasteiger partial charge in [-0.1, -0.05) is 11.6 Å². The molecule has 10 heavy (non-hydrogen) atoms. The molecule has 0 amide bonds. The maximum Gasteiger partial charge on any atom is 0.233 e. The minimum Gasteiger partial charge on any atom is -0.477 e. The van der Waals surface area contributed by atoms with Gasteiger partial charge in [-0.3, -0.25) is 0 Å². The number of nitrogens with zero attached hydrogens (tertiary/aromatic N) is 2. The Morgan fingerprint density at radius 3 is 2.80 bits per heavy atom. The van der Waals surface area contributed by atoms with Crippen molar-refractivity contribution in [2.24, 2.45) is 0 Å². The zero-order chi connectivity index (χ0) is 7.40. The van der Waals surface area contributed by atoms with Crippen LogP contribution in [0.5, 0.6) is 5.88 Å². The lowest BCUT2D eigenvalue weighted by atomic mass is 10.6. The smallest absolute Gasteiger partial charge is 0.233 e. The molecule has 0 bridgehead atoms. The van der Waals surface area contributed by atoms with E-state index < -0.39 is 0 Å². The molecule has 0 saturated carbocycles. The average molecular weight is 159 g/mol. The quantitative estimate of drug-likeness (QED) is 0.655. The minimum atomic E-state index is 0.378. The highest BCUT2D eigenvalue weighted by Gasteiger charge is 1.92. The molecule has 4 heteroatoms. The molecule has 54 valence electrons. The molecular weight excluding hydrogens is 152 g/mol. The van der Waals surface area contributed by atoms with E-state index in [0.717, 1.165) is 0 Å². The number of ether oxygens (including phenoxy) is 1. The van der Waals surface area contributed by atoms with E-state index in [9.17, 15) is 0 Å². The molecule has 0 spiro atoms. The number of rotatable bonds is 2. The Labute approximate surface area is 64.0 Å². The minimum absolute atomic E-state index is 0.378. The molecule has 1 rings (SSSR count). The Hall–Kier alpha value is -0.830. The van der Waals surface area contributed by atoms with Crippen molar-refractivity contribution in [3.05, 3.63) is 17.3 Å². The Bertz CT molecular complexity index is 199. The highest BCUT2D eigenvalue weighted by atomic mass is 35.5. The molecule has 0 N–H and O–H groups in total.